The summed E-state index contributed by atoms with van der Waals surface area (Å²) in [6.07, 6.45) is 3.24. The van der Waals surface area contributed by atoms with E-state index in [1.54, 1.807) is 0 Å². The van der Waals surface area contributed by atoms with E-state index in [1.807, 2.05) is 0 Å². The maximum Gasteiger partial charge on any atom is 0.263 e. The number of pyridine rings is 1. The van der Waals surface area contributed by atoms with Crippen molar-refractivity contribution >= 4 is 16.3 Å². The van der Waals surface area contributed by atoms with E-state index in [1.165, 1.54) is 12.3 Å². The zero-order valence-corrected chi connectivity index (χ0v) is 10.4. The van der Waals surface area contributed by atoms with Crippen molar-refractivity contribution in [2.45, 2.75) is 17.9 Å². The van der Waals surface area contributed by atoms with Gasteiger partial charge in [-0.1, -0.05) is 0 Å². The summed E-state index contributed by atoms with van der Waals surface area (Å²) in [7, 11) is -3.95. The van der Waals surface area contributed by atoms with Crippen molar-refractivity contribution in [2.75, 3.05) is 13.1 Å². The van der Waals surface area contributed by atoms with Crippen molar-refractivity contribution in [3.05, 3.63) is 24.1 Å². The Hall–Kier alpha value is -1.34. The third-order valence-electron chi connectivity index (χ3n) is 2.92. The van der Waals surface area contributed by atoms with Crippen LogP contribution < -0.4 is 0 Å². The first kappa shape index (κ1) is 13.1. The van der Waals surface area contributed by atoms with Crippen molar-refractivity contribution in [1.82, 2.24) is 9.29 Å². The minimum absolute atomic E-state index is 0.0991. The van der Waals surface area contributed by atoms with Crippen LogP contribution in [0.15, 0.2) is 23.4 Å². The molecule has 0 N–H and O–H groups in total. The van der Waals surface area contributed by atoms with Crippen LogP contribution in [-0.4, -0.2) is 37.1 Å². The molecular weight excluding hydrogens is 259 g/mol. The van der Waals surface area contributed by atoms with E-state index in [-0.39, 0.29) is 12.5 Å². The average molecular weight is 272 g/mol. The molecule has 0 amide bonds. The molecule has 0 saturated carbocycles. The average Bonchev–Trinajstić information content (AvgIpc) is 2.39. The molecule has 2 rings (SSSR count). The number of halogens is 1. The van der Waals surface area contributed by atoms with Gasteiger partial charge in [0.2, 0.25) is 5.03 Å². The van der Waals surface area contributed by atoms with Crippen LogP contribution in [0.25, 0.3) is 0 Å². The smallest absolute Gasteiger partial charge is 0.263 e. The van der Waals surface area contributed by atoms with Crippen LogP contribution in [0.2, 0.25) is 0 Å². The van der Waals surface area contributed by atoms with Crippen LogP contribution in [0.5, 0.6) is 0 Å². The molecule has 0 radical (unpaired) electrons. The normalized spacial score (nSPS) is 21.7. The van der Waals surface area contributed by atoms with E-state index >= 15 is 0 Å². The fourth-order valence-corrected chi connectivity index (χ4v) is 3.50. The quantitative estimate of drug-likeness (QED) is 0.764. The fraction of sp³-hybridized carbons (Fsp3) is 0.455. The Morgan fingerprint density at radius 1 is 1.50 bits per heavy atom. The predicted molar refractivity (Wildman–Crippen MR) is 61.7 cm³/mol. The molecule has 1 aromatic rings. The summed E-state index contributed by atoms with van der Waals surface area (Å²) >= 11 is 0. The van der Waals surface area contributed by atoms with Crippen LogP contribution in [-0.2, 0) is 14.8 Å². The second-order valence-corrected chi connectivity index (χ2v) is 6.05. The van der Waals surface area contributed by atoms with Crippen LogP contribution >= 0.6 is 0 Å². The molecule has 0 aliphatic carbocycles. The molecule has 1 aromatic heterocycles. The van der Waals surface area contributed by atoms with Crippen LogP contribution in [0.1, 0.15) is 12.8 Å². The van der Waals surface area contributed by atoms with Crippen LogP contribution in [0.4, 0.5) is 4.39 Å². The third-order valence-corrected chi connectivity index (χ3v) is 4.72. The van der Waals surface area contributed by atoms with Gasteiger partial charge >= 0.3 is 0 Å². The standard InChI is InChI=1S/C11H13FN2O3S/c12-10-4-1-5-13-11(10)18(16,17)14-6-2-3-9(7-14)8-15/h1,4-5,8-9H,2-3,6-7H2. The Balaban J connectivity index is 2.31. The monoisotopic (exact) mass is 272 g/mol. The van der Waals surface area contributed by atoms with Crippen molar-refractivity contribution in [2.24, 2.45) is 5.92 Å². The van der Waals surface area contributed by atoms with Gasteiger partial charge in [0.1, 0.15) is 6.29 Å². The van der Waals surface area contributed by atoms with Crippen LogP contribution in [0, 0.1) is 11.7 Å². The predicted octanol–water partition coefficient (Wildman–Crippen LogP) is 0.820. The molecule has 1 aliphatic heterocycles. The van der Waals surface area contributed by atoms with E-state index in [2.05, 4.69) is 4.98 Å². The number of hydrogen-bond acceptors (Lipinski definition) is 4. The number of aldehydes is 1. The Morgan fingerprint density at radius 3 is 2.94 bits per heavy atom. The summed E-state index contributed by atoms with van der Waals surface area (Å²) in [6.45, 7) is 0.393. The van der Waals surface area contributed by atoms with Crippen molar-refractivity contribution in [3.63, 3.8) is 0 Å². The molecular formula is C11H13FN2O3S. The summed E-state index contributed by atoms with van der Waals surface area (Å²) in [4.78, 5) is 14.3. The largest absolute Gasteiger partial charge is 0.303 e. The van der Waals surface area contributed by atoms with Gasteiger partial charge < -0.3 is 4.79 Å². The van der Waals surface area contributed by atoms with Crippen molar-refractivity contribution in [1.29, 1.82) is 0 Å². The van der Waals surface area contributed by atoms with Gasteiger partial charge in [0.25, 0.3) is 10.0 Å². The highest BCUT2D eigenvalue weighted by Crippen LogP contribution is 2.22. The SMILES string of the molecule is O=CC1CCCN(S(=O)(=O)c2ncccc2F)C1. The lowest BCUT2D eigenvalue weighted by Crippen LogP contribution is -2.40. The Kier molecular flexibility index (Phi) is 3.72. The molecule has 2 heterocycles. The first-order valence-corrected chi connectivity index (χ1v) is 7.05. The lowest BCUT2D eigenvalue weighted by Gasteiger charge is -2.28. The van der Waals surface area contributed by atoms with Crippen molar-refractivity contribution in [3.8, 4) is 0 Å². The van der Waals surface area contributed by atoms with E-state index in [4.69, 9.17) is 0 Å². The maximum atomic E-state index is 13.5. The highest BCUT2D eigenvalue weighted by molar-refractivity contribution is 7.89. The van der Waals surface area contributed by atoms with Gasteiger partial charge in [-0.3, -0.25) is 0 Å². The Labute approximate surface area is 105 Å². The lowest BCUT2D eigenvalue weighted by molar-refractivity contribution is -0.112. The first-order chi connectivity index (χ1) is 8.55. The topological polar surface area (TPSA) is 67.3 Å². The van der Waals surface area contributed by atoms with E-state index in [9.17, 15) is 17.6 Å². The van der Waals surface area contributed by atoms with Gasteiger partial charge in [-0.15, -0.1) is 0 Å². The van der Waals surface area contributed by atoms with Gasteiger partial charge in [0.15, 0.2) is 5.82 Å². The number of aromatic nitrogens is 1. The Bertz CT molecular complexity index is 547. The molecule has 0 spiro atoms. The second kappa shape index (κ2) is 5.11. The highest BCUT2D eigenvalue weighted by atomic mass is 32.2. The Morgan fingerprint density at radius 2 is 2.28 bits per heavy atom. The van der Waals surface area contributed by atoms with Gasteiger partial charge in [0.05, 0.1) is 0 Å². The van der Waals surface area contributed by atoms with E-state index < -0.39 is 20.9 Å². The molecule has 1 aliphatic rings. The third kappa shape index (κ3) is 2.41. The molecule has 1 saturated heterocycles. The summed E-state index contributed by atoms with van der Waals surface area (Å²) in [5, 5.41) is -0.573. The van der Waals surface area contributed by atoms with Gasteiger partial charge in [-0.25, -0.2) is 17.8 Å². The molecule has 0 aromatic carbocycles. The molecule has 1 atom stereocenters. The summed E-state index contributed by atoms with van der Waals surface area (Å²) in [5.74, 6) is -1.19. The molecule has 7 heteroatoms. The molecule has 98 valence electrons. The molecule has 0 bridgehead atoms. The molecule has 5 nitrogen and oxygen atoms in total. The molecule has 1 fully saturated rings. The minimum Gasteiger partial charge on any atom is -0.303 e. The number of carbonyl (C=O) groups excluding carboxylic acids is 1. The number of nitrogens with zero attached hydrogens (tertiary/aromatic N) is 2. The zero-order chi connectivity index (χ0) is 13.2. The van der Waals surface area contributed by atoms with E-state index in [0.29, 0.717) is 19.4 Å². The number of hydrogen-bond donors (Lipinski definition) is 0. The first-order valence-electron chi connectivity index (χ1n) is 5.61. The van der Waals surface area contributed by atoms with Crippen LogP contribution in [0.3, 0.4) is 0 Å². The van der Waals surface area contributed by atoms with Crippen molar-refractivity contribution < 1.29 is 17.6 Å². The summed E-state index contributed by atoms with van der Waals surface area (Å²) in [5.41, 5.74) is 0. The van der Waals surface area contributed by atoms with Gasteiger partial charge in [-0.05, 0) is 25.0 Å². The minimum atomic E-state index is -3.95. The highest BCUT2D eigenvalue weighted by Gasteiger charge is 2.32. The maximum absolute atomic E-state index is 13.5. The number of piperidine rings is 1. The van der Waals surface area contributed by atoms with Gasteiger partial charge in [0, 0.05) is 25.2 Å². The lowest BCUT2D eigenvalue weighted by atomic mass is 10.0. The van der Waals surface area contributed by atoms with E-state index in [0.717, 1.165) is 16.7 Å². The summed E-state index contributed by atoms with van der Waals surface area (Å²) in [6, 6.07) is 2.39. The molecule has 1 unspecified atom stereocenters. The fourth-order valence-electron chi connectivity index (χ4n) is 1.99. The number of rotatable bonds is 3. The number of sulfonamides is 1. The summed E-state index contributed by atoms with van der Waals surface area (Å²) < 4.78 is 39.0. The zero-order valence-electron chi connectivity index (χ0n) is 9.62. The second-order valence-electron chi connectivity index (χ2n) is 4.19. The van der Waals surface area contributed by atoms with Gasteiger partial charge in [-0.2, -0.15) is 4.31 Å². The molecule has 18 heavy (non-hydrogen) atoms. The number of carbonyl (C=O) groups is 1.